The molecule has 54 valence electrons. The molecule has 0 N–H and O–H groups in total. The molecule has 2 unspecified atom stereocenters. The Morgan fingerprint density at radius 1 is 1.60 bits per heavy atom. The molecular formula is C9H13N. The maximum atomic E-state index is 8.61. The fourth-order valence-corrected chi connectivity index (χ4v) is 1.38. The van der Waals surface area contributed by atoms with Crippen LogP contribution in [0, 0.1) is 23.2 Å². The lowest BCUT2D eigenvalue weighted by Crippen LogP contribution is -2.10. The summed E-state index contributed by atoms with van der Waals surface area (Å²) in [5.74, 6) is 0.861. The quantitative estimate of drug-likeness (QED) is 0.507. The summed E-state index contributed by atoms with van der Waals surface area (Å²) in [5.41, 5.74) is 0. The van der Waals surface area contributed by atoms with Crippen molar-refractivity contribution in [1.29, 1.82) is 5.26 Å². The number of hydrogen-bond donors (Lipinski definition) is 0. The molecule has 0 fully saturated rings. The van der Waals surface area contributed by atoms with Crippen molar-refractivity contribution < 1.29 is 0 Å². The molecule has 0 spiro atoms. The van der Waals surface area contributed by atoms with Crippen molar-refractivity contribution in [3.05, 3.63) is 12.2 Å². The predicted octanol–water partition coefficient (Wildman–Crippen LogP) is 2.50. The normalized spacial score (nSPS) is 27.4. The van der Waals surface area contributed by atoms with E-state index in [2.05, 4.69) is 18.2 Å². The Labute approximate surface area is 62.4 Å². The summed E-state index contributed by atoms with van der Waals surface area (Å²) in [7, 11) is 0. The standard InChI is InChI=1S/C9H13N/c1-8(7-10)9-5-3-2-4-6-9/h2-3,8-9H,4-6H2,1H3. The van der Waals surface area contributed by atoms with E-state index in [0.29, 0.717) is 5.92 Å². The van der Waals surface area contributed by atoms with Crippen LogP contribution in [0.15, 0.2) is 12.2 Å². The molecule has 1 heteroatoms. The lowest BCUT2D eigenvalue weighted by molar-refractivity contribution is 0.394. The van der Waals surface area contributed by atoms with Gasteiger partial charge in [0.25, 0.3) is 0 Å². The van der Waals surface area contributed by atoms with Crippen molar-refractivity contribution >= 4 is 0 Å². The summed E-state index contributed by atoms with van der Waals surface area (Å²) in [6, 6.07) is 2.30. The minimum Gasteiger partial charge on any atom is -0.198 e. The van der Waals surface area contributed by atoms with E-state index in [1.54, 1.807) is 0 Å². The van der Waals surface area contributed by atoms with Gasteiger partial charge in [-0.3, -0.25) is 0 Å². The average molecular weight is 135 g/mol. The second-order valence-electron chi connectivity index (χ2n) is 2.96. The molecule has 1 aliphatic rings. The SMILES string of the molecule is CC(C#N)C1CC=CCC1. The van der Waals surface area contributed by atoms with Gasteiger partial charge in [-0.15, -0.1) is 0 Å². The Morgan fingerprint density at radius 2 is 2.40 bits per heavy atom. The highest BCUT2D eigenvalue weighted by Crippen LogP contribution is 2.24. The Kier molecular flexibility index (Phi) is 2.50. The van der Waals surface area contributed by atoms with Crippen LogP contribution in [-0.2, 0) is 0 Å². The molecule has 0 aromatic heterocycles. The third-order valence-corrected chi connectivity index (χ3v) is 2.22. The van der Waals surface area contributed by atoms with E-state index in [0.717, 1.165) is 12.8 Å². The second-order valence-corrected chi connectivity index (χ2v) is 2.96. The fourth-order valence-electron chi connectivity index (χ4n) is 1.38. The average Bonchev–Trinajstić information content (AvgIpc) is 2.05. The van der Waals surface area contributed by atoms with Crippen LogP contribution < -0.4 is 0 Å². The smallest absolute Gasteiger partial charge is 0.0655 e. The topological polar surface area (TPSA) is 23.8 Å². The summed E-state index contributed by atoms with van der Waals surface area (Å²) in [6.45, 7) is 2.02. The first-order valence-corrected chi connectivity index (χ1v) is 3.89. The molecule has 1 nitrogen and oxygen atoms in total. The van der Waals surface area contributed by atoms with Crippen molar-refractivity contribution in [2.24, 2.45) is 11.8 Å². The highest BCUT2D eigenvalue weighted by atomic mass is 14.3. The van der Waals surface area contributed by atoms with Gasteiger partial charge in [0.15, 0.2) is 0 Å². The van der Waals surface area contributed by atoms with Gasteiger partial charge in [-0.1, -0.05) is 12.2 Å². The lowest BCUT2D eigenvalue weighted by atomic mass is 9.85. The van der Waals surface area contributed by atoms with Gasteiger partial charge in [0, 0.05) is 5.92 Å². The minimum absolute atomic E-state index is 0.241. The van der Waals surface area contributed by atoms with Crippen LogP contribution >= 0.6 is 0 Å². The Bertz CT molecular complexity index is 164. The van der Waals surface area contributed by atoms with Gasteiger partial charge in [-0.25, -0.2) is 0 Å². The van der Waals surface area contributed by atoms with Crippen LogP contribution in [-0.4, -0.2) is 0 Å². The number of allylic oxidation sites excluding steroid dienone is 2. The van der Waals surface area contributed by atoms with E-state index >= 15 is 0 Å². The third kappa shape index (κ3) is 1.60. The highest BCUT2D eigenvalue weighted by molar-refractivity contribution is 4.95. The molecule has 0 aliphatic heterocycles. The number of nitrogens with zero attached hydrogens (tertiary/aromatic N) is 1. The van der Waals surface area contributed by atoms with E-state index < -0.39 is 0 Å². The Hall–Kier alpha value is -0.770. The van der Waals surface area contributed by atoms with Gasteiger partial charge in [-0.2, -0.15) is 5.26 Å². The van der Waals surface area contributed by atoms with Crippen molar-refractivity contribution in [2.45, 2.75) is 26.2 Å². The number of hydrogen-bond acceptors (Lipinski definition) is 1. The summed E-state index contributed by atoms with van der Waals surface area (Å²) < 4.78 is 0. The van der Waals surface area contributed by atoms with Crippen LogP contribution in [0.2, 0.25) is 0 Å². The molecule has 10 heavy (non-hydrogen) atoms. The molecule has 0 aromatic rings. The van der Waals surface area contributed by atoms with Crippen LogP contribution in [0.3, 0.4) is 0 Å². The van der Waals surface area contributed by atoms with Gasteiger partial charge in [0.2, 0.25) is 0 Å². The van der Waals surface area contributed by atoms with Crippen LogP contribution in [0.4, 0.5) is 0 Å². The van der Waals surface area contributed by atoms with Crippen molar-refractivity contribution in [1.82, 2.24) is 0 Å². The zero-order valence-electron chi connectivity index (χ0n) is 6.38. The first kappa shape index (κ1) is 7.34. The van der Waals surface area contributed by atoms with E-state index in [-0.39, 0.29) is 5.92 Å². The highest BCUT2D eigenvalue weighted by Gasteiger charge is 2.16. The zero-order valence-corrected chi connectivity index (χ0v) is 6.38. The van der Waals surface area contributed by atoms with Gasteiger partial charge in [0.05, 0.1) is 6.07 Å². The minimum atomic E-state index is 0.241. The first-order chi connectivity index (χ1) is 4.84. The summed E-state index contributed by atoms with van der Waals surface area (Å²) in [6.07, 6.45) is 7.87. The van der Waals surface area contributed by atoms with Crippen molar-refractivity contribution in [3.63, 3.8) is 0 Å². The largest absolute Gasteiger partial charge is 0.198 e. The molecule has 0 heterocycles. The lowest BCUT2D eigenvalue weighted by Gasteiger charge is -2.18. The maximum absolute atomic E-state index is 8.61. The maximum Gasteiger partial charge on any atom is 0.0655 e. The molecule has 1 aliphatic carbocycles. The molecule has 0 amide bonds. The van der Waals surface area contributed by atoms with E-state index in [1.165, 1.54) is 6.42 Å². The van der Waals surface area contributed by atoms with Gasteiger partial charge < -0.3 is 0 Å². The molecule has 0 saturated carbocycles. The van der Waals surface area contributed by atoms with Crippen LogP contribution in [0.25, 0.3) is 0 Å². The van der Waals surface area contributed by atoms with Crippen LogP contribution in [0.1, 0.15) is 26.2 Å². The van der Waals surface area contributed by atoms with Gasteiger partial charge >= 0.3 is 0 Å². The molecular weight excluding hydrogens is 122 g/mol. The summed E-state index contributed by atoms with van der Waals surface area (Å²) >= 11 is 0. The number of rotatable bonds is 1. The molecule has 0 aromatic carbocycles. The van der Waals surface area contributed by atoms with Gasteiger partial charge in [-0.05, 0) is 32.1 Å². The fraction of sp³-hybridized carbons (Fsp3) is 0.667. The summed E-state index contributed by atoms with van der Waals surface area (Å²) in [5, 5.41) is 8.61. The molecule has 1 rings (SSSR count). The molecule has 0 radical (unpaired) electrons. The van der Waals surface area contributed by atoms with Crippen molar-refractivity contribution in [2.75, 3.05) is 0 Å². The first-order valence-electron chi connectivity index (χ1n) is 3.89. The van der Waals surface area contributed by atoms with Gasteiger partial charge in [0.1, 0.15) is 0 Å². The van der Waals surface area contributed by atoms with Crippen LogP contribution in [0.5, 0.6) is 0 Å². The molecule has 0 saturated heterocycles. The van der Waals surface area contributed by atoms with E-state index in [4.69, 9.17) is 5.26 Å². The third-order valence-electron chi connectivity index (χ3n) is 2.22. The predicted molar refractivity (Wildman–Crippen MR) is 41.3 cm³/mol. The summed E-state index contributed by atoms with van der Waals surface area (Å²) in [4.78, 5) is 0. The second kappa shape index (κ2) is 3.41. The number of nitriles is 1. The molecule has 0 bridgehead atoms. The molecule has 2 atom stereocenters. The Morgan fingerprint density at radius 3 is 2.90 bits per heavy atom. The Balaban J connectivity index is 2.43. The van der Waals surface area contributed by atoms with Crippen molar-refractivity contribution in [3.8, 4) is 6.07 Å². The monoisotopic (exact) mass is 135 g/mol. The van der Waals surface area contributed by atoms with E-state index in [1.807, 2.05) is 6.92 Å². The van der Waals surface area contributed by atoms with E-state index in [9.17, 15) is 0 Å². The zero-order chi connectivity index (χ0) is 7.40.